The van der Waals surface area contributed by atoms with Crippen LogP contribution < -0.4 is 16.4 Å². The zero-order valence-corrected chi connectivity index (χ0v) is 15.4. The molecule has 0 aromatic carbocycles. The number of carboxylic acid groups (broad SMARTS) is 1. The number of nitrogens with one attached hydrogen (secondary N) is 2. The van der Waals surface area contributed by atoms with Crippen LogP contribution >= 0.6 is 11.8 Å². The fourth-order valence-electron chi connectivity index (χ4n) is 1.97. The smallest absolute Gasteiger partial charge is 0.328 e. The second-order valence-electron chi connectivity index (χ2n) is 5.82. The first-order chi connectivity index (χ1) is 11.1. The summed E-state index contributed by atoms with van der Waals surface area (Å²) < 4.78 is 0. The fraction of sp³-hybridized carbons (Fsp3) is 0.800. The van der Waals surface area contributed by atoms with Gasteiger partial charge in [-0.2, -0.15) is 11.8 Å². The van der Waals surface area contributed by atoms with Crippen molar-refractivity contribution in [2.45, 2.75) is 57.8 Å². The van der Waals surface area contributed by atoms with Gasteiger partial charge in [0.2, 0.25) is 11.8 Å². The van der Waals surface area contributed by atoms with Gasteiger partial charge in [-0.25, -0.2) is 4.79 Å². The molecule has 0 aliphatic rings. The lowest BCUT2D eigenvalue weighted by molar-refractivity contribution is -0.145. The van der Waals surface area contributed by atoms with E-state index in [1.54, 1.807) is 18.7 Å². The van der Waals surface area contributed by atoms with Crippen LogP contribution in [0.5, 0.6) is 0 Å². The zero-order valence-electron chi connectivity index (χ0n) is 14.6. The molecule has 0 spiro atoms. The summed E-state index contributed by atoms with van der Waals surface area (Å²) >= 11 is 1.57. The molecule has 0 aromatic heterocycles. The van der Waals surface area contributed by atoms with Crippen molar-refractivity contribution in [3.63, 3.8) is 0 Å². The summed E-state index contributed by atoms with van der Waals surface area (Å²) in [6, 6.07) is -3.08. The van der Waals surface area contributed by atoms with Gasteiger partial charge in [-0.1, -0.05) is 20.3 Å². The third-order valence-corrected chi connectivity index (χ3v) is 4.45. The molecule has 140 valence electrons. The largest absolute Gasteiger partial charge is 0.480 e. The topological polar surface area (TPSA) is 142 Å². The second-order valence-corrected chi connectivity index (χ2v) is 6.81. The van der Waals surface area contributed by atoms with Crippen molar-refractivity contribution >= 4 is 29.5 Å². The molecule has 6 N–H and O–H groups in total. The number of hydrogen-bond acceptors (Lipinski definition) is 6. The fourth-order valence-corrected chi connectivity index (χ4v) is 2.46. The molecule has 0 aliphatic carbocycles. The average Bonchev–Trinajstić information content (AvgIpc) is 2.53. The number of aliphatic hydroxyl groups excluding tert-OH is 1. The Labute approximate surface area is 146 Å². The Balaban J connectivity index is 5.02. The summed E-state index contributed by atoms with van der Waals surface area (Å²) in [5.74, 6) is -1.94. The van der Waals surface area contributed by atoms with Crippen LogP contribution in [0.3, 0.4) is 0 Å². The first-order valence-electron chi connectivity index (χ1n) is 7.91. The number of rotatable bonds is 11. The number of nitrogens with two attached hydrogens (primary N) is 1. The van der Waals surface area contributed by atoms with E-state index in [4.69, 9.17) is 10.8 Å². The Hall–Kier alpha value is -1.32. The molecule has 0 bridgehead atoms. The molecule has 24 heavy (non-hydrogen) atoms. The number of amides is 2. The summed E-state index contributed by atoms with van der Waals surface area (Å²) in [6.07, 6.45) is 1.73. The summed E-state index contributed by atoms with van der Waals surface area (Å²) in [5, 5.41) is 23.4. The van der Waals surface area contributed by atoms with Crippen LogP contribution in [0.4, 0.5) is 0 Å². The minimum atomic E-state index is -1.44. The molecule has 5 unspecified atom stereocenters. The second kappa shape index (κ2) is 11.3. The van der Waals surface area contributed by atoms with Gasteiger partial charge in [0.15, 0.2) is 6.04 Å². The van der Waals surface area contributed by atoms with E-state index in [1.165, 1.54) is 6.92 Å². The molecule has 0 fully saturated rings. The summed E-state index contributed by atoms with van der Waals surface area (Å²) in [5.41, 5.74) is 5.80. The van der Waals surface area contributed by atoms with Gasteiger partial charge in [0, 0.05) is 0 Å². The standard InChI is InChI=1S/C15H29N3O5S/c1-5-8(2)11(17-13(20)10(16)6-7-24-4)14(21)18-12(9(3)19)15(22)23/h8-12,19H,5-7,16H2,1-4H3,(H,17,20)(H,18,21)(H,22,23). The number of carboxylic acids is 1. The van der Waals surface area contributed by atoms with Crippen molar-refractivity contribution in [3.05, 3.63) is 0 Å². The number of aliphatic carboxylic acids is 1. The molecular formula is C15H29N3O5S. The lowest BCUT2D eigenvalue weighted by atomic mass is 9.97. The Morgan fingerprint density at radius 1 is 1.12 bits per heavy atom. The molecule has 2 amide bonds. The van der Waals surface area contributed by atoms with E-state index in [0.717, 1.165) is 5.75 Å². The first-order valence-corrected chi connectivity index (χ1v) is 9.31. The maximum atomic E-state index is 12.4. The van der Waals surface area contributed by atoms with E-state index in [-0.39, 0.29) is 5.92 Å². The molecule has 8 nitrogen and oxygen atoms in total. The maximum Gasteiger partial charge on any atom is 0.328 e. The van der Waals surface area contributed by atoms with E-state index in [9.17, 15) is 19.5 Å². The van der Waals surface area contributed by atoms with Crippen LogP contribution in [0, 0.1) is 5.92 Å². The van der Waals surface area contributed by atoms with Crippen molar-refractivity contribution < 1.29 is 24.6 Å². The van der Waals surface area contributed by atoms with Crippen molar-refractivity contribution in [2.24, 2.45) is 11.7 Å². The normalized spacial score (nSPS) is 17.2. The molecule has 0 heterocycles. The predicted molar refractivity (Wildman–Crippen MR) is 93.6 cm³/mol. The monoisotopic (exact) mass is 363 g/mol. The average molecular weight is 363 g/mol. The van der Waals surface area contributed by atoms with Crippen LogP contribution in [-0.2, 0) is 14.4 Å². The highest BCUT2D eigenvalue weighted by Gasteiger charge is 2.32. The highest BCUT2D eigenvalue weighted by Crippen LogP contribution is 2.10. The van der Waals surface area contributed by atoms with Gasteiger partial charge in [-0.05, 0) is 31.3 Å². The van der Waals surface area contributed by atoms with E-state index in [0.29, 0.717) is 12.8 Å². The summed E-state index contributed by atoms with van der Waals surface area (Å²) in [4.78, 5) is 35.6. The van der Waals surface area contributed by atoms with Gasteiger partial charge in [0.1, 0.15) is 6.04 Å². The van der Waals surface area contributed by atoms with E-state index >= 15 is 0 Å². The minimum Gasteiger partial charge on any atom is -0.480 e. The minimum absolute atomic E-state index is 0.217. The van der Waals surface area contributed by atoms with Crippen molar-refractivity contribution in [2.75, 3.05) is 12.0 Å². The van der Waals surface area contributed by atoms with Gasteiger partial charge in [-0.3, -0.25) is 9.59 Å². The maximum absolute atomic E-state index is 12.4. The lowest BCUT2D eigenvalue weighted by Gasteiger charge is -2.27. The van der Waals surface area contributed by atoms with Gasteiger partial charge in [0.25, 0.3) is 0 Å². The Morgan fingerprint density at radius 2 is 1.67 bits per heavy atom. The Bertz CT molecular complexity index is 433. The van der Waals surface area contributed by atoms with Crippen LogP contribution in [0.1, 0.15) is 33.6 Å². The molecule has 0 saturated carbocycles. The predicted octanol–water partition coefficient (Wildman–Crippen LogP) is -0.452. The molecule has 0 radical (unpaired) electrons. The van der Waals surface area contributed by atoms with Crippen LogP contribution in [0.2, 0.25) is 0 Å². The lowest BCUT2D eigenvalue weighted by Crippen LogP contribution is -2.58. The van der Waals surface area contributed by atoms with Gasteiger partial charge in [-0.15, -0.1) is 0 Å². The zero-order chi connectivity index (χ0) is 18.9. The number of carbonyl (C=O) groups excluding carboxylic acids is 2. The number of aliphatic hydroxyl groups is 1. The molecule has 0 saturated heterocycles. The van der Waals surface area contributed by atoms with Gasteiger partial charge < -0.3 is 26.6 Å². The van der Waals surface area contributed by atoms with Crippen LogP contribution in [0.15, 0.2) is 0 Å². The molecule has 9 heteroatoms. The highest BCUT2D eigenvalue weighted by molar-refractivity contribution is 7.98. The molecule has 0 aromatic rings. The number of hydrogen-bond donors (Lipinski definition) is 5. The first kappa shape index (κ1) is 22.7. The summed E-state index contributed by atoms with van der Waals surface area (Å²) in [7, 11) is 0. The van der Waals surface area contributed by atoms with E-state index in [1.807, 2.05) is 13.2 Å². The van der Waals surface area contributed by atoms with E-state index < -0.39 is 42.0 Å². The van der Waals surface area contributed by atoms with Crippen molar-refractivity contribution in [3.8, 4) is 0 Å². The molecule has 5 atom stereocenters. The molecule has 0 rings (SSSR count). The van der Waals surface area contributed by atoms with Gasteiger partial charge in [0.05, 0.1) is 12.1 Å². The Kier molecular flexibility index (Phi) is 10.7. The number of carbonyl (C=O) groups is 3. The van der Waals surface area contributed by atoms with Crippen molar-refractivity contribution in [1.29, 1.82) is 0 Å². The van der Waals surface area contributed by atoms with Crippen molar-refractivity contribution in [1.82, 2.24) is 10.6 Å². The quantitative estimate of drug-likeness (QED) is 0.334. The van der Waals surface area contributed by atoms with Crippen LogP contribution in [-0.4, -0.2) is 64.2 Å². The third-order valence-electron chi connectivity index (χ3n) is 3.81. The van der Waals surface area contributed by atoms with E-state index in [2.05, 4.69) is 10.6 Å². The summed E-state index contributed by atoms with van der Waals surface area (Å²) in [6.45, 7) is 4.90. The highest BCUT2D eigenvalue weighted by atomic mass is 32.2. The molecular weight excluding hydrogens is 334 g/mol. The molecule has 0 aliphatic heterocycles. The van der Waals surface area contributed by atoms with Crippen LogP contribution in [0.25, 0.3) is 0 Å². The van der Waals surface area contributed by atoms with Gasteiger partial charge >= 0.3 is 5.97 Å². The Morgan fingerprint density at radius 3 is 2.08 bits per heavy atom. The SMILES string of the molecule is CCC(C)C(NC(=O)C(N)CCSC)C(=O)NC(C(=O)O)C(C)O. The third kappa shape index (κ3) is 7.50. The number of thioether (sulfide) groups is 1.